The molecule has 4 nitrogen and oxygen atoms in total. The molecule has 0 spiro atoms. The molecule has 0 saturated carbocycles. The number of sulfonamides is 1. The average Bonchev–Trinajstić information content (AvgIpc) is 2.43. The first-order valence-corrected chi connectivity index (χ1v) is 7.47. The van der Waals surface area contributed by atoms with Gasteiger partial charge in [0.05, 0.1) is 5.75 Å². The second kappa shape index (κ2) is 6.45. The van der Waals surface area contributed by atoms with E-state index in [4.69, 9.17) is 0 Å². The highest BCUT2D eigenvalue weighted by Gasteiger charge is 2.15. The third-order valence-corrected chi connectivity index (χ3v) is 4.27. The largest absolute Gasteiger partial charge is 0.316 e. The van der Waals surface area contributed by atoms with E-state index in [1.54, 1.807) is 0 Å². The third kappa shape index (κ3) is 5.49. The monoisotopic (exact) mass is 234 g/mol. The summed E-state index contributed by atoms with van der Waals surface area (Å²) in [5.41, 5.74) is 0. The molecule has 1 aliphatic rings. The van der Waals surface area contributed by atoms with Gasteiger partial charge in [-0.2, -0.15) is 0 Å². The summed E-state index contributed by atoms with van der Waals surface area (Å²) in [4.78, 5) is 0. The van der Waals surface area contributed by atoms with Gasteiger partial charge in [0, 0.05) is 6.54 Å². The van der Waals surface area contributed by atoms with Crippen LogP contribution in [0.3, 0.4) is 0 Å². The van der Waals surface area contributed by atoms with Gasteiger partial charge in [-0.25, -0.2) is 13.1 Å². The topological polar surface area (TPSA) is 58.2 Å². The van der Waals surface area contributed by atoms with Crippen molar-refractivity contribution in [3.05, 3.63) is 0 Å². The minimum Gasteiger partial charge on any atom is -0.316 e. The van der Waals surface area contributed by atoms with Crippen LogP contribution in [0, 0.1) is 5.92 Å². The molecule has 15 heavy (non-hydrogen) atoms. The predicted octanol–water partition coefficient (Wildman–Crippen LogP) is 0.706. The molecular formula is C10H22N2O2S. The lowest BCUT2D eigenvalue weighted by atomic mass is 10.0. The van der Waals surface area contributed by atoms with E-state index in [0.29, 0.717) is 18.9 Å². The Hall–Kier alpha value is -0.130. The van der Waals surface area contributed by atoms with Gasteiger partial charge in [0.15, 0.2) is 0 Å². The summed E-state index contributed by atoms with van der Waals surface area (Å²) in [6.07, 6.45) is 4.21. The van der Waals surface area contributed by atoms with E-state index in [9.17, 15) is 8.42 Å². The molecule has 90 valence electrons. The molecule has 1 atom stereocenters. The van der Waals surface area contributed by atoms with Gasteiger partial charge in [0.1, 0.15) is 0 Å². The van der Waals surface area contributed by atoms with Gasteiger partial charge in [-0.05, 0) is 38.3 Å². The van der Waals surface area contributed by atoms with Crippen LogP contribution >= 0.6 is 0 Å². The maximum absolute atomic E-state index is 11.4. The van der Waals surface area contributed by atoms with Crippen LogP contribution in [0.5, 0.6) is 0 Å². The second-order valence-corrected chi connectivity index (χ2v) is 6.16. The van der Waals surface area contributed by atoms with Crippen molar-refractivity contribution in [1.29, 1.82) is 0 Å². The molecule has 0 aromatic rings. The van der Waals surface area contributed by atoms with Crippen molar-refractivity contribution in [3.8, 4) is 0 Å². The highest BCUT2D eigenvalue weighted by atomic mass is 32.2. The fraction of sp³-hybridized carbons (Fsp3) is 1.00. The summed E-state index contributed by atoms with van der Waals surface area (Å²) in [5.74, 6) is 0.701. The van der Waals surface area contributed by atoms with Gasteiger partial charge in [-0.15, -0.1) is 0 Å². The number of hydrogen-bond acceptors (Lipinski definition) is 3. The van der Waals surface area contributed by atoms with Crippen LogP contribution in [-0.4, -0.2) is 33.8 Å². The summed E-state index contributed by atoms with van der Waals surface area (Å²) >= 11 is 0. The Morgan fingerprint density at radius 1 is 1.40 bits per heavy atom. The van der Waals surface area contributed by atoms with E-state index in [1.165, 1.54) is 12.8 Å². The van der Waals surface area contributed by atoms with Gasteiger partial charge in [-0.3, -0.25) is 0 Å². The Kier molecular flexibility index (Phi) is 5.56. The molecular weight excluding hydrogens is 212 g/mol. The Balaban J connectivity index is 2.28. The smallest absolute Gasteiger partial charge is 0.211 e. The van der Waals surface area contributed by atoms with Crippen molar-refractivity contribution in [3.63, 3.8) is 0 Å². The molecule has 0 aromatic carbocycles. The fourth-order valence-corrected chi connectivity index (χ4v) is 3.02. The maximum Gasteiger partial charge on any atom is 0.211 e. The van der Waals surface area contributed by atoms with E-state index in [0.717, 1.165) is 19.5 Å². The Morgan fingerprint density at radius 3 is 2.93 bits per heavy atom. The summed E-state index contributed by atoms with van der Waals surface area (Å²) < 4.78 is 25.5. The van der Waals surface area contributed by atoms with Crippen LogP contribution in [0.4, 0.5) is 0 Å². The highest BCUT2D eigenvalue weighted by molar-refractivity contribution is 7.89. The molecule has 0 bridgehead atoms. The Labute approximate surface area is 92.9 Å². The zero-order valence-corrected chi connectivity index (χ0v) is 10.3. The highest BCUT2D eigenvalue weighted by Crippen LogP contribution is 2.10. The molecule has 0 radical (unpaired) electrons. The van der Waals surface area contributed by atoms with Gasteiger partial charge < -0.3 is 5.32 Å². The predicted molar refractivity (Wildman–Crippen MR) is 62.3 cm³/mol. The first-order chi connectivity index (χ1) is 7.14. The van der Waals surface area contributed by atoms with Gasteiger partial charge in [-0.1, -0.05) is 13.3 Å². The van der Waals surface area contributed by atoms with Gasteiger partial charge in [0.25, 0.3) is 0 Å². The summed E-state index contributed by atoms with van der Waals surface area (Å²) in [6.45, 7) is 4.48. The van der Waals surface area contributed by atoms with E-state index in [1.807, 2.05) is 6.92 Å². The van der Waals surface area contributed by atoms with E-state index >= 15 is 0 Å². The first-order valence-electron chi connectivity index (χ1n) is 5.82. The molecule has 1 aliphatic heterocycles. The molecule has 0 aliphatic carbocycles. The molecule has 1 heterocycles. The quantitative estimate of drug-likeness (QED) is 0.736. The van der Waals surface area contributed by atoms with Crippen molar-refractivity contribution < 1.29 is 8.42 Å². The van der Waals surface area contributed by atoms with Crippen LogP contribution < -0.4 is 10.0 Å². The zero-order chi connectivity index (χ0) is 11.1. The van der Waals surface area contributed by atoms with E-state index in [2.05, 4.69) is 10.0 Å². The SMILES string of the molecule is CCCS(=O)(=O)NCC1CCCCNC1. The van der Waals surface area contributed by atoms with Crippen LogP contribution in [0.25, 0.3) is 0 Å². The zero-order valence-electron chi connectivity index (χ0n) is 9.46. The Bertz CT molecular complexity index is 257. The molecule has 5 heteroatoms. The lowest BCUT2D eigenvalue weighted by Gasteiger charge is -2.14. The van der Waals surface area contributed by atoms with Crippen molar-refractivity contribution in [2.75, 3.05) is 25.4 Å². The first kappa shape index (κ1) is 12.9. The molecule has 2 N–H and O–H groups in total. The standard InChI is InChI=1S/C10H22N2O2S/c1-2-7-15(13,14)12-9-10-5-3-4-6-11-8-10/h10-12H,2-9H2,1H3. The molecule has 1 fully saturated rings. The Morgan fingerprint density at radius 2 is 2.20 bits per heavy atom. The van der Waals surface area contributed by atoms with Crippen molar-refractivity contribution in [1.82, 2.24) is 10.0 Å². The average molecular weight is 234 g/mol. The van der Waals surface area contributed by atoms with Crippen LogP contribution in [-0.2, 0) is 10.0 Å². The summed E-state index contributed by atoms with van der Waals surface area (Å²) in [7, 11) is -3.02. The van der Waals surface area contributed by atoms with Crippen LogP contribution in [0.15, 0.2) is 0 Å². The van der Waals surface area contributed by atoms with Crippen LogP contribution in [0.1, 0.15) is 32.6 Å². The third-order valence-electron chi connectivity index (χ3n) is 2.71. The molecule has 1 unspecified atom stereocenters. The lowest BCUT2D eigenvalue weighted by molar-refractivity contribution is 0.468. The van der Waals surface area contributed by atoms with Crippen molar-refractivity contribution in [2.24, 2.45) is 5.92 Å². The van der Waals surface area contributed by atoms with E-state index < -0.39 is 10.0 Å². The van der Waals surface area contributed by atoms with Gasteiger partial charge >= 0.3 is 0 Å². The number of hydrogen-bond donors (Lipinski definition) is 2. The molecule has 0 amide bonds. The summed E-state index contributed by atoms with van der Waals surface area (Å²) in [5, 5.41) is 3.33. The lowest BCUT2D eigenvalue weighted by Crippen LogP contribution is -2.34. The fourth-order valence-electron chi connectivity index (χ4n) is 1.85. The molecule has 0 aromatic heterocycles. The van der Waals surface area contributed by atoms with Crippen molar-refractivity contribution >= 4 is 10.0 Å². The van der Waals surface area contributed by atoms with E-state index in [-0.39, 0.29) is 5.75 Å². The molecule has 1 rings (SSSR count). The minimum atomic E-state index is -3.02. The second-order valence-electron chi connectivity index (χ2n) is 4.23. The minimum absolute atomic E-state index is 0.243. The van der Waals surface area contributed by atoms with Crippen molar-refractivity contribution in [2.45, 2.75) is 32.6 Å². The number of rotatable bonds is 5. The van der Waals surface area contributed by atoms with Crippen LogP contribution in [0.2, 0.25) is 0 Å². The molecule has 1 saturated heterocycles. The maximum atomic E-state index is 11.4. The number of nitrogens with one attached hydrogen (secondary N) is 2. The van der Waals surface area contributed by atoms with Gasteiger partial charge in [0.2, 0.25) is 10.0 Å². The summed E-state index contributed by atoms with van der Waals surface area (Å²) in [6, 6.07) is 0. The normalized spacial score (nSPS) is 23.7.